The summed E-state index contributed by atoms with van der Waals surface area (Å²) in [6.07, 6.45) is 4.44. The molecule has 0 saturated carbocycles. The SMILES string of the molecule is CC[C@H](NC(=O)[C@@H]1C[C@@H](O)CN1C(=O)[C@@H](NC(=O)CCOCCCN1CCC[C@H]1COc1nc(N2CC3CCC(C2)N3)c2cc(Cl)c(-c3ccc(F)c4sc(N)nc34)c(F)c2n1)C(C)(C)C)c1ccc(-c2scnc2C)cc1. The van der Waals surface area contributed by atoms with Crippen molar-refractivity contribution in [1.29, 1.82) is 0 Å². The number of carbonyl (C=O) groups excluding carboxylic acids is 3. The molecule has 4 saturated heterocycles. The number of amides is 3. The number of aliphatic hydroxyl groups is 1. The molecule has 3 aromatic heterocycles. The highest BCUT2D eigenvalue weighted by Crippen LogP contribution is 2.43. The Morgan fingerprint density at radius 2 is 1.77 bits per heavy atom. The lowest BCUT2D eigenvalue weighted by Crippen LogP contribution is -2.58. The fourth-order valence-electron chi connectivity index (χ4n) is 11.6. The Morgan fingerprint density at radius 1 is 1.00 bits per heavy atom. The Hall–Kier alpha value is -5.68. The zero-order valence-electron chi connectivity index (χ0n) is 44.6. The maximum atomic E-state index is 17.1. The first kappa shape index (κ1) is 55.6. The second kappa shape index (κ2) is 23.6. The van der Waals surface area contributed by atoms with Crippen molar-refractivity contribution < 1.29 is 37.7 Å². The van der Waals surface area contributed by atoms with E-state index in [9.17, 15) is 23.9 Å². The van der Waals surface area contributed by atoms with Gasteiger partial charge in [-0.15, -0.1) is 11.3 Å². The van der Waals surface area contributed by atoms with E-state index in [0.29, 0.717) is 55.9 Å². The normalized spacial score (nSPS) is 21.4. The molecule has 17 nitrogen and oxygen atoms in total. The van der Waals surface area contributed by atoms with Gasteiger partial charge in [-0.1, -0.05) is 74.9 Å². The third kappa shape index (κ3) is 11.9. The molecule has 7 atom stereocenters. The van der Waals surface area contributed by atoms with Gasteiger partial charge in [0.25, 0.3) is 0 Å². The highest BCUT2D eigenvalue weighted by molar-refractivity contribution is 7.22. The standard InChI is InChI=1S/C56H68ClF2N11O6S2/c1-6-41(31-10-12-32(13-11-31)48-30(2)61-29-77-48)63-52(73)42-23-36(71)27-70(42)53(74)50(56(3,4)5)64-43(72)18-22-75-21-8-20-68-19-7-9-35(68)28-76-55-66-46-38(51(67-55)69-25-33-14-15-34(26-69)62-33)24-39(57)44(45(46)59)37-16-17-40(58)49-47(37)65-54(60)78-49/h10-13,16-17,24,29,33-36,41-42,50,62,71H,6-9,14-15,18-23,25-28H2,1-5H3,(H2,60,65)(H,63,73)(H,64,72)/t33?,34?,35-,36+,41-,42-,50+/m0/s1. The number of nitrogen functional groups attached to an aromatic ring is 1. The van der Waals surface area contributed by atoms with Crippen LogP contribution >= 0.6 is 34.3 Å². The molecule has 22 heteroatoms. The van der Waals surface area contributed by atoms with Crippen LogP contribution < -0.4 is 31.3 Å². The summed E-state index contributed by atoms with van der Waals surface area (Å²) >= 11 is 9.47. The molecule has 2 bridgehead atoms. The predicted molar refractivity (Wildman–Crippen MR) is 301 cm³/mol. The molecule has 2 unspecified atom stereocenters. The second-order valence-electron chi connectivity index (χ2n) is 22.1. The molecule has 416 valence electrons. The van der Waals surface area contributed by atoms with E-state index in [-0.39, 0.29) is 106 Å². The number of benzene rings is 3. The molecule has 6 N–H and O–H groups in total. The number of rotatable bonds is 19. The Labute approximate surface area is 465 Å². The van der Waals surface area contributed by atoms with Crippen molar-refractivity contribution in [3.8, 4) is 27.6 Å². The largest absolute Gasteiger partial charge is 0.462 e. The van der Waals surface area contributed by atoms with Crippen molar-refractivity contribution in [3.63, 3.8) is 0 Å². The van der Waals surface area contributed by atoms with Crippen molar-refractivity contribution in [1.82, 2.24) is 45.7 Å². The van der Waals surface area contributed by atoms with Crippen LogP contribution in [0.15, 0.2) is 48.0 Å². The molecule has 0 spiro atoms. The molecule has 4 aliphatic rings. The Morgan fingerprint density at radius 3 is 2.49 bits per heavy atom. The number of hydrogen-bond donors (Lipinski definition) is 5. The van der Waals surface area contributed by atoms with E-state index in [2.05, 4.69) is 40.7 Å². The van der Waals surface area contributed by atoms with Crippen LogP contribution in [0.1, 0.15) is 96.4 Å². The molecule has 3 aromatic carbocycles. The zero-order chi connectivity index (χ0) is 55.0. The number of aryl methyl sites for hydroxylation is 1. The van der Waals surface area contributed by atoms with E-state index >= 15 is 4.39 Å². The van der Waals surface area contributed by atoms with Gasteiger partial charge in [0, 0.05) is 80.3 Å². The van der Waals surface area contributed by atoms with E-state index < -0.39 is 41.1 Å². The maximum absolute atomic E-state index is 17.1. The number of likely N-dealkylation sites (tertiary alicyclic amines) is 2. The third-order valence-corrected chi connectivity index (χ3v) is 17.7. The number of halogens is 3. The molecule has 0 aliphatic carbocycles. The van der Waals surface area contributed by atoms with Gasteiger partial charge >= 0.3 is 6.01 Å². The molecule has 0 radical (unpaired) electrons. The molecule has 10 rings (SSSR count). The number of aromatic nitrogens is 4. The summed E-state index contributed by atoms with van der Waals surface area (Å²) in [5.41, 5.74) is 10.6. The van der Waals surface area contributed by atoms with Crippen LogP contribution in [0.3, 0.4) is 0 Å². The van der Waals surface area contributed by atoms with Gasteiger partial charge < -0.3 is 46.1 Å². The molecular weight excluding hydrogens is 1060 g/mol. The van der Waals surface area contributed by atoms with Crippen LogP contribution in [0.4, 0.5) is 19.7 Å². The monoisotopic (exact) mass is 1130 g/mol. The number of β-amino-alcohol motifs (C(OH)–C–C–N with tert-alkyl or cyclic N) is 1. The van der Waals surface area contributed by atoms with Crippen LogP contribution in [0.5, 0.6) is 6.01 Å². The number of nitrogens with one attached hydrogen (secondary N) is 3. The van der Waals surface area contributed by atoms with Crippen LogP contribution in [-0.4, -0.2) is 141 Å². The third-order valence-electron chi connectivity index (χ3n) is 15.6. The first-order valence-electron chi connectivity index (χ1n) is 27.0. The molecule has 4 aliphatic heterocycles. The van der Waals surface area contributed by atoms with Crippen molar-refractivity contribution in [3.05, 3.63) is 75.9 Å². The average Bonchev–Trinajstić information content (AvgIpc) is 4.41. The van der Waals surface area contributed by atoms with Gasteiger partial charge in [0.15, 0.2) is 10.9 Å². The van der Waals surface area contributed by atoms with Crippen LogP contribution in [0, 0.1) is 24.0 Å². The summed E-state index contributed by atoms with van der Waals surface area (Å²) in [6, 6.07) is 10.9. The minimum atomic E-state index is -0.958. The van der Waals surface area contributed by atoms with Gasteiger partial charge in [0.1, 0.15) is 35.8 Å². The number of nitrogens with two attached hydrogens (primary N) is 1. The summed E-state index contributed by atoms with van der Waals surface area (Å²) in [7, 11) is 0. The van der Waals surface area contributed by atoms with Gasteiger partial charge in [-0.3, -0.25) is 19.3 Å². The number of aliphatic hydroxyl groups excluding tert-OH is 1. The minimum Gasteiger partial charge on any atom is -0.462 e. The molecule has 7 heterocycles. The van der Waals surface area contributed by atoms with Gasteiger partial charge in [-0.25, -0.2) is 18.7 Å². The Bertz CT molecular complexity index is 3170. The van der Waals surface area contributed by atoms with Gasteiger partial charge in [0.05, 0.1) is 50.1 Å². The quantitative estimate of drug-likeness (QED) is 0.0484. The van der Waals surface area contributed by atoms with Crippen molar-refractivity contribution in [2.45, 2.75) is 128 Å². The predicted octanol–water partition coefficient (Wildman–Crippen LogP) is 8.19. The number of ether oxygens (including phenoxy) is 2. The number of nitrogens with zero attached hydrogens (tertiary/aromatic N) is 7. The molecule has 6 aromatic rings. The summed E-state index contributed by atoms with van der Waals surface area (Å²) < 4.78 is 44.5. The van der Waals surface area contributed by atoms with Crippen molar-refractivity contribution in [2.75, 3.05) is 63.2 Å². The van der Waals surface area contributed by atoms with Crippen LogP contribution in [-0.2, 0) is 19.1 Å². The fraction of sp³-hybridized carbons (Fsp3) is 0.518. The van der Waals surface area contributed by atoms with Crippen molar-refractivity contribution >= 4 is 84.1 Å². The highest BCUT2D eigenvalue weighted by Gasteiger charge is 2.45. The number of piperazine rings is 1. The number of hydrogen-bond acceptors (Lipinski definition) is 16. The zero-order valence-corrected chi connectivity index (χ0v) is 47.0. The first-order valence-corrected chi connectivity index (χ1v) is 29.1. The molecule has 4 fully saturated rings. The first-order chi connectivity index (χ1) is 37.4. The Balaban J connectivity index is 0.728. The smallest absolute Gasteiger partial charge is 0.319 e. The minimum absolute atomic E-state index is 0.0214. The lowest BCUT2D eigenvalue weighted by molar-refractivity contribution is -0.144. The van der Waals surface area contributed by atoms with E-state index in [1.54, 1.807) is 17.4 Å². The summed E-state index contributed by atoms with van der Waals surface area (Å²) in [6.45, 7) is 13.3. The topological polar surface area (TPSA) is 213 Å². The van der Waals surface area contributed by atoms with Gasteiger partial charge in [-0.05, 0) is 86.7 Å². The van der Waals surface area contributed by atoms with E-state index in [1.165, 1.54) is 17.0 Å². The van der Waals surface area contributed by atoms with Gasteiger partial charge in [-0.2, -0.15) is 9.97 Å². The molecule has 78 heavy (non-hydrogen) atoms. The average molecular weight is 1130 g/mol. The molecule has 3 amide bonds. The van der Waals surface area contributed by atoms with E-state index in [1.807, 2.05) is 64.4 Å². The van der Waals surface area contributed by atoms with E-state index in [0.717, 1.165) is 65.3 Å². The molecular formula is C56H68ClF2N11O6S2. The van der Waals surface area contributed by atoms with E-state index in [4.69, 9.17) is 31.8 Å². The van der Waals surface area contributed by atoms with Crippen LogP contribution in [0.25, 0.3) is 42.7 Å². The number of carbonyl (C=O) groups is 3. The highest BCUT2D eigenvalue weighted by atomic mass is 35.5. The summed E-state index contributed by atoms with van der Waals surface area (Å²) in [4.78, 5) is 66.9. The van der Waals surface area contributed by atoms with Crippen molar-refractivity contribution in [2.24, 2.45) is 5.41 Å². The lowest BCUT2D eigenvalue weighted by Gasteiger charge is -2.35. The number of fused-ring (bicyclic) bond motifs is 4. The summed E-state index contributed by atoms with van der Waals surface area (Å²) in [5, 5.41) is 21.2. The summed E-state index contributed by atoms with van der Waals surface area (Å²) in [5.74, 6) is -1.79. The maximum Gasteiger partial charge on any atom is 0.319 e. The Kier molecular flexibility index (Phi) is 16.8. The number of thiazole rings is 2. The lowest BCUT2D eigenvalue weighted by atomic mass is 9.85. The van der Waals surface area contributed by atoms with Crippen LogP contribution in [0.2, 0.25) is 5.02 Å². The number of anilines is 2. The van der Waals surface area contributed by atoms with Gasteiger partial charge in [0.2, 0.25) is 17.7 Å². The fourth-order valence-corrected chi connectivity index (χ4v) is 13.4. The second-order valence-corrected chi connectivity index (χ2v) is 24.4.